The highest BCUT2D eigenvalue weighted by Crippen LogP contribution is 2.16. The molecule has 3 amide bonds. The minimum absolute atomic E-state index is 0.0971. The van der Waals surface area contributed by atoms with E-state index in [9.17, 15) is 14.4 Å². The van der Waals surface area contributed by atoms with Gasteiger partial charge in [0.25, 0.3) is 0 Å². The van der Waals surface area contributed by atoms with E-state index in [0.29, 0.717) is 0 Å². The Labute approximate surface area is 93.9 Å². The maximum Gasteiger partial charge on any atom is 0.237 e. The van der Waals surface area contributed by atoms with Gasteiger partial charge in [-0.1, -0.05) is 0 Å². The molecule has 0 unspecified atom stereocenters. The molecule has 7 heteroatoms. The molecule has 0 atom stereocenters. The van der Waals surface area contributed by atoms with Crippen molar-refractivity contribution in [3.63, 3.8) is 0 Å². The van der Waals surface area contributed by atoms with Crippen LogP contribution in [0.4, 0.5) is 0 Å². The summed E-state index contributed by atoms with van der Waals surface area (Å²) in [6.07, 6.45) is 0. The number of nitrogens with zero attached hydrogens (tertiary/aromatic N) is 1. The third-order valence-corrected chi connectivity index (χ3v) is 2.07. The van der Waals surface area contributed by atoms with Gasteiger partial charge in [-0.15, -0.1) is 0 Å². The lowest BCUT2D eigenvalue weighted by atomic mass is 9.92. The molecule has 0 saturated carbocycles. The number of carbonyl (C=O) groups is 3. The largest absolute Gasteiger partial charge is 0.368 e. The standard InChI is InChI=1S/C9H18N4O3/c1-9(2,5-10)8(16)13(3-6(11)14)4-7(12)15/h3-5,10H2,1-2H3,(H2,11,14)(H2,12,15). The van der Waals surface area contributed by atoms with Crippen LogP contribution in [-0.2, 0) is 14.4 Å². The first-order valence-corrected chi connectivity index (χ1v) is 4.76. The van der Waals surface area contributed by atoms with E-state index in [1.165, 1.54) is 0 Å². The first-order valence-electron chi connectivity index (χ1n) is 4.76. The normalized spacial score (nSPS) is 10.9. The summed E-state index contributed by atoms with van der Waals surface area (Å²) < 4.78 is 0. The number of hydrogen-bond donors (Lipinski definition) is 3. The van der Waals surface area contributed by atoms with Gasteiger partial charge in [-0.2, -0.15) is 0 Å². The number of primary amides is 2. The van der Waals surface area contributed by atoms with Gasteiger partial charge in [0.05, 0.1) is 18.5 Å². The van der Waals surface area contributed by atoms with Crippen LogP contribution >= 0.6 is 0 Å². The summed E-state index contributed by atoms with van der Waals surface area (Å²) in [4.78, 5) is 34.4. The third-order valence-electron chi connectivity index (χ3n) is 2.07. The lowest BCUT2D eigenvalue weighted by Gasteiger charge is -2.29. The van der Waals surface area contributed by atoms with E-state index in [2.05, 4.69) is 0 Å². The van der Waals surface area contributed by atoms with Gasteiger partial charge >= 0.3 is 0 Å². The van der Waals surface area contributed by atoms with Crippen LogP contribution in [0.15, 0.2) is 0 Å². The van der Waals surface area contributed by atoms with Crippen molar-refractivity contribution in [3.05, 3.63) is 0 Å². The van der Waals surface area contributed by atoms with Gasteiger partial charge in [0.1, 0.15) is 0 Å². The molecule has 0 bridgehead atoms. The van der Waals surface area contributed by atoms with E-state index in [1.807, 2.05) is 0 Å². The highest BCUT2D eigenvalue weighted by Gasteiger charge is 2.31. The van der Waals surface area contributed by atoms with Crippen molar-refractivity contribution >= 4 is 17.7 Å². The molecule has 6 N–H and O–H groups in total. The van der Waals surface area contributed by atoms with E-state index in [1.54, 1.807) is 13.8 Å². The van der Waals surface area contributed by atoms with Crippen LogP contribution < -0.4 is 17.2 Å². The highest BCUT2D eigenvalue weighted by molar-refractivity contribution is 5.90. The molecule has 0 aliphatic carbocycles. The Balaban J connectivity index is 4.81. The molecule has 0 aliphatic rings. The predicted molar refractivity (Wildman–Crippen MR) is 57.8 cm³/mol. The number of carbonyl (C=O) groups excluding carboxylic acids is 3. The topological polar surface area (TPSA) is 133 Å². The lowest BCUT2D eigenvalue weighted by Crippen LogP contribution is -2.50. The van der Waals surface area contributed by atoms with Gasteiger partial charge in [0, 0.05) is 6.54 Å². The zero-order chi connectivity index (χ0) is 12.9. The van der Waals surface area contributed by atoms with Crippen LogP contribution in [0, 0.1) is 5.41 Å². The second-order valence-electron chi connectivity index (χ2n) is 4.18. The van der Waals surface area contributed by atoms with Crippen molar-refractivity contribution in [2.24, 2.45) is 22.6 Å². The van der Waals surface area contributed by atoms with E-state index >= 15 is 0 Å². The molecular weight excluding hydrogens is 212 g/mol. The average Bonchev–Trinajstić information content (AvgIpc) is 2.14. The molecule has 0 fully saturated rings. The number of rotatable bonds is 6. The Kier molecular flexibility index (Phi) is 4.90. The Hall–Kier alpha value is -1.63. The van der Waals surface area contributed by atoms with E-state index in [4.69, 9.17) is 17.2 Å². The molecule has 7 nitrogen and oxygen atoms in total. The summed E-state index contributed by atoms with van der Waals surface area (Å²) in [6, 6.07) is 0. The molecule has 0 radical (unpaired) electrons. The Morgan fingerprint density at radius 3 is 1.69 bits per heavy atom. The zero-order valence-electron chi connectivity index (χ0n) is 9.53. The van der Waals surface area contributed by atoms with Crippen molar-refractivity contribution in [1.29, 1.82) is 0 Å². The van der Waals surface area contributed by atoms with E-state index in [0.717, 1.165) is 4.90 Å². The fourth-order valence-electron chi connectivity index (χ4n) is 1.09. The van der Waals surface area contributed by atoms with Gasteiger partial charge in [-0.3, -0.25) is 14.4 Å². The molecule has 92 valence electrons. The summed E-state index contributed by atoms with van der Waals surface area (Å²) in [7, 11) is 0. The lowest BCUT2D eigenvalue weighted by molar-refractivity contribution is -0.144. The zero-order valence-corrected chi connectivity index (χ0v) is 9.53. The highest BCUT2D eigenvalue weighted by atomic mass is 16.2. The Morgan fingerprint density at radius 2 is 1.44 bits per heavy atom. The fraction of sp³-hybridized carbons (Fsp3) is 0.667. The van der Waals surface area contributed by atoms with Gasteiger partial charge in [0.2, 0.25) is 17.7 Å². The van der Waals surface area contributed by atoms with Crippen LogP contribution in [0.5, 0.6) is 0 Å². The number of nitrogens with two attached hydrogens (primary N) is 3. The van der Waals surface area contributed by atoms with Crippen LogP contribution in [-0.4, -0.2) is 42.3 Å². The van der Waals surface area contributed by atoms with Crippen LogP contribution in [0.3, 0.4) is 0 Å². The van der Waals surface area contributed by atoms with Crippen molar-refractivity contribution in [3.8, 4) is 0 Å². The molecule has 0 heterocycles. The van der Waals surface area contributed by atoms with Gasteiger partial charge in [0.15, 0.2) is 0 Å². The molecule has 0 aliphatic heterocycles. The molecule has 16 heavy (non-hydrogen) atoms. The molecular formula is C9H18N4O3. The van der Waals surface area contributed by atoms with E-state index in [-0.39, 0.29) is 19.6 Å². The molecule has 0 aromatic rings. The van der Waals surface area contributed by atoms with Crippen LogP contribution in [0.25, 0.3) is 0 Å². The number of hydrogen-bond acceptors (Lipinski definition) is 4. The predicted octanol–water partition coefficient (Wildman–Crippen LogP) is -2.23. The molecule has 0 aromatic heterocycles. The monoisotopic (exact) mass is 230 g/mol. The number of amides is 3. The van der Waals surface area contributed by atoms with Crippen molar-refractivity contribution in [2.75, 3.05) is 19.6 Å². The first kappa shape index (κ1) is 14.4. The summed E-state index contributed by atoms with van der Waals surface area (Å²) in [5.74, 6) is -1.84. The smallest absolute Gasteiger partial charge is 0.237 e. The maximum atomic E-state index is 11.9. The van der Waals surface area contributed by atoms with Gasteiger partial charge < -0.3 is 22.1 Å². The molecule has 0 spiro atoms. The second kappa shape index (κ2) is 5.45. The fourth-order valence-corrected chi connectivity index (χ4v) is 1.09. The molecule has 0 saturated heterocycles. The van der Waals surface area contributed by atoms with Crippen LogP contribution in [0.2, 0.25) is 0 Å². The molecule has 0 aromatic carbocycles. The minimum atomic E-state index is -0.856. The summed E-state index contributed by atoms with van der Waals surface area (Å²) in [6.45, 7) is 2.64. The van der Waals surface area contributed by atoms with E-state index < -0.39 is 23.1 Å². The average molecular weight is 230 g/mol. The van der Waals surface area contributed by atoms with Gasteiger partial charge in [-0.25, -0.2) is 0 Å². The van der Waals surface area contributed by atoms with Crippen LogP contribution in [0.1, 0.15) is 13.8 Å². The maximum absolute atomic E-state index is 11.9. The first-order chi connectivity index (χ1) is 7.20. The van der Waals surface area contributed by atoms with Gasteiger partial charge in [-0.05, 0) is 13.8 Å². The minimum Gasteiger partial charge on any atom is -0.368 e. The van der Waals surface area contributed by atoms with Crippen molar-refractivity contribution in [1.82, 2.24) is 4.90 Å². The Morgan fingerprint density at radius 1 is 1.06 bits per heavy atom. The Bertz CT molecular complexity index is 285. The SMILES string of the molecule is CC(C)(CN)C(=O)N(CC(N)=O)CC(N)=O. The summed E-state index contributed by atoms with van der Waals surface area (Å²) >= 11 is 0. The molecule has 0 rings (SSSR count). The summed E-state index contributed by atoms with van der Waals surface area (Å²) in [5, 5.41) is 0. The van der Waals surface area contributed by atoms with Crippen molar-refractivity contribution in [2.45, 2.75) is 13.8 Å². The summed E-state index contributed by atoms with van der Waals surface area (Å²) in [5.41, 5.74) is 14.5. The third kappa shape index (κ3) is 4.26. The quantitative estimate of drug-likeness (QED) is 0.476. The van der Waals surface area contributed by atoms with Crippen molar-refractivity contribution < 1.29 is 14.4 Å². The second-order valence-corrected chi connectivity index (χ2v) is 4.18.